The molecule has 4 N–H and O–H groups in total. The smallest absolute Gasteiger partial charge is 0.168 e. The number of hydrogen-bond donors (Lipinski definition) is 2. The van der Waals surface area contributed by atoms with Crippen LogP contribution in [0, 0.1) is 0 Å². The molecule has 0 aliphatic rings. The number of para-hydroxylation sites is 1. The van der Waals surface area contributed by atoms with Gasteiger partial charge < -0.3 is 16.2 Å². The van der Waals surface area contributed by atoms with Crippen LogP contribution in [-0.4, -0.2) is 9.97 Å². The third kappa shape index (κ3) is 2.47. The Kier molecular flexibility index (Phi) is 3.09. The van der Waals surface area contributed by atoms with Crippen molar-refractivity contribution in [3.8, 4) is 5.75 Å². The van der Waals surface area contributed by atoms with Crippen molar-refractivity contribution in [2.75, 3.05) is 11.5 Å². The monoisotopic (exact) mass is 266 g/mol. The molecule has 0 amide bonds. The first-order chi connectivity index (χ1) is 9.72. The summed E-state index contributed by atoms with van der Waals surface area (Å²) in [6.07, 6.45) is 0. The summed E-state index contributed by atoms with van der Waals surface area (Å²) in [6, 6.07) is 14.8. The third-order valence-corrected chi connectivity index (χ3v) is 2.93. The standard InChI is InChI=1S/C15H14N4O/c16-10-5-7-11(8-6-10)20-9-14-18-13-4-2-1-3-12(13)15(17)19-14/h1-8H,9,16H2,(H2,17,18,19). The molecule has 20 heavy (non-hydrogen) atoms. The van der Waals surface area contributed by atoms with Crippen molar-refractivity contribution in [1.29, 1.82) is 0 Å². The lowest BCUT2D eigenvalue weighted by Gasteiger charge is -2.07. The van der Waals surface area contributed by atoms with Gasteiger partial charge in [0.25, 0.3) is 0 Å². The van der Waals surface area contributed by atoms with E-state index >= 15 is 0 Å². The lowest BCUT2D eigenvalue weighted by atomic mass is 10.2. The average Bonchev–Trinajstić information content (AvgIpc) is 2.47. The molecule has 1 heterocycles. The van der Waals surface area contributed by atoms with Gasteiger partial charge in [-0.3, -0.25) is 0 Å². The summed E-state index contributed by atoms with van der Waals surface area (Å²) in [5, 5.41) is 0.851. The molecule has 1 aromatic heterocycles. The van der Waals surface area contributed by atoms with E-state index in [2.05, 4.69) is 9.97 Å². The molecule has 0 atom stereocenters. The first-order valence-corrected chi connectivity index (χ1v) is 6.22. The molecular formula is C15H14N4O. The van der Waals surface area contributed by atoms with E-state index in [9.17, 15) is 0 Å². The molecule has 0 fully saturated rings. The number of benzene rings is 2. The molecule has 0 saturated heterocycles. The van der Waals surface area contributed by atoms with Gasteiger partial charge in [-0.1, -0.05) is 12.1 Å². The van der Waals surface area contributed by atoms with Crippen LogP contribution in [0.3, 0.4) is 0 Å². The predicted molar refractivity (Wildman–Crippen MR) is 79.1 cm³/mol. The summed E-state index contributed by atoms with van der Waals surface area (Å²) in [6.45, 7) is 0.263. The first kappa shape index (κ1) is 12.2. The van der Waals surface area contributed by atoms with Crippen molar-refractivity contribution >= 4 is 22.4 Å². The van der Waals surface area contributed by atoms with Crippen molar-refractivity contribution in [1.82, 2.24) is 9.97 Å². The molecule has 5 nitrogen and oxygen atoms in total. The van der Waals surface area contributed by atoms with E-state index in [0.717, 1.165) is 16.7 Å². The molecule has 0 bridgehead atoms. The zero-order chi connectivity index (χ0) is 13.9. The van der Waals surface area contributed by atoms with Gasteiger partial charge in [-0.05, 0) is 36.4 Å². The van der Waals surface area contributed by atoms with Gasteiger partial charge in [0.05, 0.1) is 5.52 Å². The largest absolute Gasteiger partial charge is 0.486 e. The second kappa shape index (κ2) is 5.05. The Hall–Kier alpha value is -2.82. The fraction of sp³-hybridized carbons (Fsp3) is 0.0667. The molecule has 0 spiro atoms. The highest BCUT2D eigenvalue weighted by Crippen LogP contribution is 2.18. The molecular weight excluding hydrogens is 252 g/mol. The molecule has 0 aliphatic carbocycles. The number of aromatic nitrogens is 2. The molecule has 3 aromatic rings. The number of hydrogen-bond acceptors (Lipinski definition) is 5. The van der Waals surface area contributed by atoms with E-state index in [4.69, 9.17) is 16.2 Å². The molecule has 0 radical (unpaired) electrons. The summed E-state index contributed by atoms with van der Waals surface area (Å²) < 4.78 is 5.61. The fourth-order valence-electron chi connectivity index (χ4n) is 1.93. The van der Waals surface area contributed by atoms with Gasteiger partial charge in [-0.15, -0.1) is 0 Å². The average molecular weight is 266 g/mol. The Labute approximate surface area is 116 Å². The second-order valence-corrected chi connectivity index (χ2v) is 4.40. The van der Waals surface area contributed by atoms with Crippen molar-refractivity contribution in [3.05, 3.63) is 54.4 Å². The van der Waals surface area contributed by atoms with Crippen molar-refractivity contribution in [2.24, 2.45) is 0 Å². The summed E-state index contributed by atoms with van der Waals surface area (Å²) in [5.74, 6) is 1.74. The van der Waals surface area contributed by atoms with Gasteiger partial charge in [0.1, 0.15) is 18.2 Å². The summed E-state index contributed by atoms with van der Waals surface area (Å²) >= 11 is 0. The lowest BCUT2D eigenvalue weighted by Crippen LogP contribution is -2.05. The van der Waals surface area contributed by atoms with Crippen LogP contribution in [-0.2, 0) is 6.61 Å². The predicted octanol–water partition coefficient (Wildman–Crippen LogP) is 2.37. The van der Waals surface area contributed by atoms with Crippen LogP contribution >= 0.6 is 0 Å². The number of nitrogens with two attached hydrogens (primary N) is 2. The minimum Gasteiger partial charge on any atom is -0.486 e. The molecule has 3 rings (SSSR count). The van der Waals surface area contributed by atoms with E-state index in [1.807, 2.05) is 24.3 Å². The normalized spacial score (nSPS) is 10.6. The Balaban J connectivity index is 1.82. The molecule has 100 valence electrons. The fourth-order valence-corrected chi connectivity index (χ4v) is 1.93. The van der Waals surface area contributed by atoms with Crippen molar-refractivity contribution in [3.63, 3.8) is 0 Å². The Bertz CT molecular complexity index is 740. The van der Waals surface area contributed by atoms with Crippen LogP contribution in [0.25, 0.3) is 10.9 Å². The summed E-state index contributed by atoms with van der Waals surface area (Å²) in [4.78, 5) is 8.68. The van der Waals surface area contributed by atoms with Gasteiger partial charge in [-0.2, -0.15) is 0 Å². The van der Waals surface area contributed by atoms with Crippen LogP contribution in [0.5, 0.6) is 5.75 Å². The van der Waals surface area contributed by atoms with E-state index in [-0.39, 0.29) is 6.61 Å². The zero-order valence-corrected chi connectivity index (χ0v) is 10.8. The maximum Gasteiger partial charge on any atom is 0.168 e. The molecule has 0 aliphatic heterocycles. The van der Waals surface area contributed by atoms with Crippen molar-refractivity contribution < 1.29 is 4.74 Å². The SMILES string of the molecule is Nc1ccc(OCc2nc(N)c3ccccc3n2)cc1. The van der Waals surface area contributed by atoms with Gasteiger partial charge in [0.2, 0.25) is 0 Å². The van der Waals surface area contributed by atoms with Gasteiger partial charge >= 0.3 is 0 Å². The lowest BCUT2D eigenvalue weighted by molar-refractivity contribution is 0.296. The number of anilines is 2. The Morgan fingerprint density at radius 2 is 1.65 bits per heavy atom. The van der Waals surface area contributed by atoms with Gasteiger partial charge in [-0.25, -0.2) is 9.97 Å². The Morgan fingerprint density at radius 3 is 2.45 bits per heavy atom. The molecule has 5 heteroatoms. The Morgan fingerprint density at radius 1 is 0.900 bits per heavy atom. The van der Waals surface area contributed by atoms with Crippen LogP contribution < -0.4 is 16.2 Å². The number of ether oxygens (including phenoxy) is 1. The highest BCUT2D eigenvalue weighted by atomic mass is 16.5. The van der Waals surface area contributed by atoms with Gasteiger partial charge in [0, 0.05) is 11.1 Å². The third-order valence-electron chi connectivity index (χ3n) is 2.93. The van der Waals surface area contributed by atoms with Crippen LogP contribution in [0.1, 0.15) is 5.82 Å². The molecule has 0 saturated carbocycles. The molecule has 0 unspecified atom stereocenters. The summed E-state index contributed by atoms with van der Waals surface area (Å²) in [7, 11) is 0. The van der Waals surface area contributed by atoms with E-state index in [1.165, 1.54) is 0 Å². The highest BCUT2D eigenvalue weighted by molar-refractivity contribution is 5.87. The van der Waals surface area contributed by atoms with Gasteiger partial charge in [0.15, 0.2) is 5.82 Å². The highest BCUT2D eigenvalue weighted by Gasteiger charge is 2.05. The number of fused-ring (bicyclic) bond motifs is 1. The maximum atomic E-state index is 5.92. The van der Waals surface area contributed by atoms with Crippen LogP contribution in [0.2, 0.25) is 0 Å². The zero-order valence-electron chi connectivity index (χ0n) is 10.8. The maximum absolute atomic E-state index is 5.92. The number of rotatable bonds is 3. The minimum atomic E-state index is 0.263. The van der Waals surface area contributed by atoms with E-state index in [0.29, 0.717) is 17.3 Å². The summed E-state index contributed by atoms with van der Waals surface area (Å²) in [5.41, 5.74) is 13.1. The van der Waals surface area contributed by atoms with E-state index < -0.39 is 0 Å². The van der Waals surface area contributed by atoms with Crippen LogP contribution in [0.15, 0.2) is 48.5 Å². The quantitative estimate of drug-likeness (QED) is 0.711. The minimum absolute atomic E-state index is 0.263. The molecule has 2 aromatic carbocycles. The topological polar surface area (TPSA) is 87.0 Å². The number of nitrogen functional groups attached to an aromatic ring is 2. The van der Waals surface area contributed by atoms with E-state index in [1.54, 1.807) is 24.3 Å². The second-order valence-electron chi connectivity index (χ2n) is 4.40. The number of nitrogens with zero attached hydrogens (tertiary/aromatic N) is 2. The first-order valence-electron chi connectivity index (χ1n) is 6.22. The van der Waals surface area contributed by atoms with Crippen LogP contribution in [0.4, 0.5) is 11.5 Å². The van der Waals surface area contributed by atoms with Crippen molar-refractivity contribution in [2.45, 2.75) is 6.61 Å².